The van der Waals surface area contributed by atoms with Crippen molar-refractivity contribution in [2.75, 3.05) is 17.2 Å². The van der Waals surface area contributed by atoms with Crippen LogP contribution in [0.2, 0.25) is 0 Å². The van der Waals surface area contributed by atoms with Gasteiger partial charge < -0.3 is 10.6 Å². The largest absolute Gasteiger partial charge is 0.371 e. The molecule has 0 spiro atoms. The summed E-state index contributed by atoms with van der Waals surface area (Å²) >= 11 is 3.25. The van der Waals surface area contributed by atoms with E-state index in [-0.39, 0.29) is 6.54 Å². The SMILES string of the molecule is O=C(CNc1c(F)cc(F)cc1F)Nc1cccc(Br)c1. The average Bonchev–Trinajstić information content (AvgIpc) is 2.37. The van der Waals surface area contributed by atoms with Crippen LogP contribution in [0.25, 0.3) is 0 Å². The molecule has 0 saturated carbocycles. The van der Waals surface area contributed by atoms with E-state index in [1.54, 1.807) is 24.3 Å². The van der Waals surface area contributed by atoms with Crippen molar-refractivity contribution in [3.8, 4) is 0 Å². The number of carbonyl (C=O) groups excluding carboxylic acids is 1. The monoisotopic (exact) mass is 358 g/mol. The highest BCUT2D eigenvalue weighted by atomic mass is 79.9. The van der Waals surface area contributed by atoms with Crippen LogP contribution in [0, 0.1) is 17.5 Å². The van der Waals surface area contributed by atoms with E-state index in [1.807, 2.05) is 0 Å². The maximum absolute atomic E-state index is 13.4. The van der Waals surface area contributed by atoms with E-state index in [0.717, 1.165) is 4.47 Å². The van der Waals surface area contributed by atoms with Gasteiger partial charge in [0.05, 0.1) is 6.54 Å². The van der Waals surface area contributed by atoms with Crippen molar-refractivity contribution >= 4 is 33.2 Å². The molecule has 3 nitrogen and oxygen atoms in total. The van der Waals surface area contributed by atoms with Crippen LogP contribution in [-0.2, 0) is 4.79 Å². The summed E-state index contributed by atoms with van der Waals surface area (Å²) in [5.74, 6) is -3.70. The van der Waals surface area contributed by atoms with Crippen LogP contribution in [0.5, 0.6) is 0 Å². The standard InChI is InChI=1S/C14H10BrF3N2O/c15-8-2-1-3-10(4-8)20-13(21)7-19-14-11(17)5-9(16)6-12(14)18/h1-6,19H,7H2,(H,20,21). The number of benzene rings is 2. The number of amides is 1. The summed E-state index contributed by atoms with van der Waals surface area (Å²) in [7, 11) is 0. The van der Waals surface area contributed by atoms with Crippen LogP contribution in [0.3, 0.4) is 0 Å². The first-order chi connectivity index (χ1) is 9.95. The van der Waals surface area contributed by atoms with Crippen LogP contribution in [0.1, 0.15) is 0 Å². The average molecular weight is 359 g/mol. The van der Waals surface area contributed by atoms with Crippen molar-refractivity contribution in [1.29, 1.82) is 0 Å². The third-order valence-corrected chi connectivity index (χ3v) is 3.03. The molecule has 0 aliphatic rings. The summed E-state index contributed by atoms with van der Waals surface area (Å²) in [6, 6.07) is 7.94. The van der Waals surface area contributed by atoms with Crippen LogP contribution in [0.4, 0.5) is 24.5 Å². The molecule has 21 heavy (non-hydrogen) atoms. The summed E-state index contributed by atoms with van der Waals surface area (Å²) < 4.78 is 40.2. The molecule has 110 valence electrons. The summed E-state index contributed by atoms with van der Waals surface area (Å²) in [4.78, 5) is 11.7. The predicted molar refractivity (Wildman–Crippen MR) is 77.6 cm³/mol. The number of carbonyl (C=O) groups is 1. The zero-order valence-corrected chi connectivity index (χ0v) is 12.2. The molecule has 0 bridgehead atoms. The van der Waals surface area contributed by atoms with Crippen LogP contribution < -0.4 is 10.6 Å². The fourth-order valence-electron chi connectivity index (χ4n) is 1.65. The van der Waals surface area contributed by atoms with Crippen LogP contribution in [-0.4, -0.2) is 12.5 Å². The highest BCUT2D eigenvalue weighted by Crippen LogP contribution is 2.20. The molecule has 0 radical (unpaired) electrons. The van der Waals surface area contributed by atoms with Gasteiger partial charge in [-0.2, -0.15) is 0 Å². The highest BCUT2D eigenvalue weighted by Gasteiger charge is 2.12. The van der Waals surface area contributed by atoms with Crippen molar-refractivity contribution in [1.82, 2.24) is 0 Å². The van der Waals surface area contributed by atoms with Gasteiger partial charge in [-0.15, -0.1) is 0 Å². The zero-order valence-electron chi connectivity index (χ0n) is 10.6. The van der Waals surface area contributed by atoms with Crippen molar-refractivity contribution in [2.24, 2.45) is 0 Å². The first-order valence-electron chi connectivity index (χ1n) is 5.89. The Morgan fingerprint density at radius 3 is 2.38 bits per heavy atom. The quantitative estimate of drug-likeness (QED) is 0.869. The Balaban J connectivity index is 1.99. The minimum atomic E-state index is -1.09. The topological polar surface area (TPSA) is 41.1 Å². The molecule has 1 amide bonds. The second-order valence-corrected chi connectivity index (χ2v) is 5.07. The fourth-order valence-corrected chi connectivity index (χ4v) is 2.05. The predicted octanol–water partition coefficient (Wildman–Crippen LogP) is 3.92. The molecule has 0 aromatic heterocycles. The molecule has 2 aromatic carbocycles. The molecule has 0 unspecified atom stereocenters. The molecule has 2 aromatic rings. The third-order valence-electron chi connectivity index (χ3n) is 2.54. The second-order valence-electron chi connectivity index (χ2n) is 4.16. The molecule has 2 rings (SSSR count). The highest BCUT2D eigenvalue weighted by molar-refractivity contribution is 9.10. The molecule has 7 heteroatoms. The van der Waals surface area contributed by atoms with Crippen LogP contribution >= 0.6 is 15.9 Å². The number of hydrogen-bond donors (Lipinski definition) is 2. The van der Waals surface area contributed by atoms with Crippen LogP contribution in [0.15, 0.2) is 40.9 Å². The van der Waals surface area contributed by atoms with E-state index in [2.05, 4.69) is 26.6 Å². The van der Waals surface area contributed by atoms with Gasteiger partial charge in [0, 0.05) is 22.3 Å². The molecule has 0 aliphatic carbocycles. The van der Waals surface area contributed by atoms with E-state index in [0.29, 0.717) is 17.8 Å². The van der Waals surface area contributed by atoms with E-state index in [1.165, 1.54) is 0 Å². The van der Waals surface area contributed by atoms with Gasteiger partial charge in [-0.3, -0.25) is 4.79 Å². The smallest absolute Gasteiger partial charge is 0.243 e. The number of hydrogen-bond acceptors (Lipinski definition) is 2. The lowest BCUT2D eigenvalue weighted by molar-refractivity contribution is -0.114. The number of anilines is 2. The Bertz CT molecular complexity index is 656. The normalized spacial score (nSPS) is 10.3. The summed E-state index contributed by atoms with van der Waals surface area (Å²) in [5.41, 5.74) is -0.00276. The molecule has 0 heterocycles. The lowest BCUT2D eigenvalue weighted by Gasteiger charge is -2.09. The third kappa shape index (κ3) is 4.22. The van der Waals surface area contributed by atoms with Gasteiger partial charge in [-0.25, -0.2) is 13.2 Å². The van der Waals surface area contributed by atoms with Crippen molar-refractivity contribution in [3.63, 3.8) is 0 Å². The Kier molecular flexibility index (Phi) is 4.85. The van der Waals surface area contributed by atoms with E-state index < -0.39 is 29.0 Å². The molecule has 2 N–H and O–H groups in total. The van der Waals surface area contributed by atoms with Gasteiger partial charge in [0.1, 0.15) is 11.5 Å². The first kappa shape index (κ1) is 15.4. The number of nitrogens with one attached hydrogen (secondary N) is 2. The van der Waals surface area contributed by atoms with E-state index in [9.17, 15) is 18.0 Å². The summed E-state index contributed by atoms with van der Waals surface area (Å²) in [6.07, 6.45) is 0. The van der Waals surface area contributed by atoms with Crippen molar-refractivity contribution < 1.29 is 18.0 Å². The van der Waals surface area contributed by atoms with Crippen molar-refractivity contribution in [2.45, 2.75) is 0 Å². The molecule has 0 atom stereocenters. The summed E-state index contributed by atoms with van der Waals surface area (Å²) in [5, 5.41) is 4.86. The Morgan fingerprint density at radius 1 is 1.10 bits per heavy atom. The maximum Gasteiger partial charge on any atom is 0.243 e. The summed E-state index contributed by atoms with van der Waals surface area (Å²) in [6.45, 7) is -0.355. The van der Waals surface area contributed by atoms with Gasteiger partial charge in [0.25, 0.3) is 0 Å². The lowest BCUT2D eigenvalue weighted by atomic mass is 10.2. The van der Waals surface area contributed by atoms with Crippen molar-refractivity contribution in [3.05, 3.63) is 58.3 Å². The number of rotatable bonds is 4. The van der Waals surface area contributed by atoms with Gasteiger partial charge >= 0.3 is 0 Å². The van der Waals surface area contributed by atoms with Gasteiger partial charge in [-0.1, -0.05) is 22.0 Å². The fraction of sp³-hybridized carbons (Fsp3) is 0.0714. The van der Waals surface area contributed by atoms with E-state index in [4.69, 9.17) is 0 Å². The van der Waals surface area contributed by atoms with Gasteiger partial charge in [-0.05, 0) is 18.2 Å². The Labute approximate surface area is 127 Å². The molecule has 0 fully saturated rings. The molecular weight excluding hydrogens is 349 g/mol. The zero-order chi connectivity index (χ0) is 15.4. The minimum Gasteiger partial charge on any atom is -0.371 e. The van der Waals surface area contributed by atoms with E-state index >= 15 is 0 Å². The minimum absolute atomic E-state index is 0.355. The molecular formula is C14H10BrF3N2O. The second kappa shape index (κ2) is 6.62. The van der Waals surface area contributed by atoms with Gasteiger partial charge in [0.15, 0.2) is 11.6 Å². The lowest BCUT2D eigenvalue weighted by Crippen LogP contribution is -2.22. The number of halogens is 4. The van der Waals surface area contributed by atoms with Gasteiger partial charge in [0.2, 0.25) is 5.91 Å². The Hall–Kier alpha value is -2.02. The molecule has 0 aliphatic heterocycles. The Morgan fingerprint density at radius 2 is 1.76 bits per heavy atom. The maximum atomic E-state index is 13.4. The molecule has 0 saturated heterocycles. The first-order valence-corrected chi connectivity index (χ1v) is 6.69.